The van der Waals surface area contributed by atoms with Gasteiger partial charge in [0.05, 0.1) is 19.3 Å². The van der Waals surface area contributed by atoms with Gasteiger partial charge >= 0.3 is 0 Å². The van der Waals surface area contributed by atoms with Crippen LogP contribution in [0.2, 0.25) is 5.02 Å². The molecule has 1 aliphatic heterocycles. The molecule has 0 spiro atoms. The zero-order valence-corrected chi connectivity index (χ0v) is 13.6. The highest BCUT2D eigenvalue weighted by atomic mass is 35.5. The Kier molecular flexibility index (Phi) is 6.02. The predicted octanol–water partition coefficient (Wildman–Crippen LogP) is 1.86. The second-order valence-electron chi connectivity index (χ2n) is 6.08. The highest BCUT2D eigenvalue weighted by Crippen LogP contribution is 2.21. The van der Waals surface area contributed by atoms with Gasteiger partial charge in [-0.3, -0.25) is 4.90 Å². The van der Waals surface area contributed by atoms with Crippen LogP contribution in [0.5, 0.6) is 0 Å². The fraction of sp³-hybridized carbons (Fsp3) is 0.625. The molecule has 1 saturated heterocycles. The number of halogens is 1. The molecule has 1 aromatic carbocycles. The molecule has 4 nitrogen and oxygen atoms in total. The van der Waals surface area contributed by atoms with E-state index in [0.717, 1.165) is 36.9 Å². The van der Waals surface area contributed by atoms with Crippen LogP contribution in [0.1, 0.15) is 19.4 Å². The first-order valence-electron chi connectivity index (χ1n) is 7.46. The van der Waals surface area contributed by atoms with E-state index in [0.29, 0.717) is 13.1 Å². The van der Waals surface area contributed by atoms with Crippen molar-refractivity contribution in [1.82, 2.24) is 10.2 Å². The lowest BCUT2D eigenvalue weighted by Crippen LogP contribution is -2.47. The molecule has 21 heavy (non-hydrogen) atoms. The monoisotopic (exact) mass is 312 g/mol. The fourth-order valence-corrected chi connectivity index (χ4v) is 2.61. The molecule has 1 unspecified atom stereocenters. The molecule has 0 radical (unpaired) electrons. The van der Waals surface area contributed by atoms with E-state index in [1.807, 2.05) is 24.3 Å². The van der Waals surface area contributed by atoms with Gasteiger partial charge in [-0.1, -0.05) is 23.7 Å². The molecular formula is C16H25ClN2O2. The minimum atomic E-state index is -0.380. The molecule has 118 valence electrons. The van der Waals surface area contributed by atoms with Crippen molar-refractivity contribution in [1.29, 1.82) is 0 Å². The van der Waals surface area contributed by atoms with Crippen LogP contribution >= 0.6 is 11.6 Å². The van der Waals surface area contributed by atoms with Crippen LogP contribution in [0.25, 0.3) is 0 Å². The van der Waals surface area contributed by atoms with Gasteiger partial charge in [-0.25, -0.2) is 0 Å². The molecule has 0 aliphatic carbocycles. The Labute approximate surface area is 132 Å². The number of β-amino-alcohol motifs (C(OH)–C–C–N with tert-alkyl or cyclic N) is 1. The first kappa shape index (κ1) is 16.7. The molecule has 1 fully saturated rings. The Bertz CT molecular complexity index is 430. The predicted molar refractivity (Wildman–Crippen MR) is 85.7 cm³/mol. The number of morpholine rings is 1. The highest BCUT2D eigenvalue weighted by Gasteiger charge is 2.22. The van der Waals surface area contributed by atoms with Crippen LogP contribution in [0.4, 0.5) is 0 Å². The van der Waals surface area contributed by atoms with Gasteiger partial charge in [-0.15, -0.1) is 0 Å². The van der Waals surface area contributed by atoms with E-state index < -0.39 is 0 Å². The van der Waals surface area contributed by atoms with Gasteiger partial charge in [-0.05, 0) is 31.5 Å². The SMILES string of the molecule is CC(C)(NCC(O)CN1CCOCC1)c1ccc(Cl)cc1. The summed E-state index contributed by atoms with van der Waals surface area (Å²) in [6.45, 7) is 8.79. The maximum Gasteiger partial charge on any atom is 0.0791 e. The third-order valence-corrected chi connectivity index (χ3v) is 4.17. The van der Waals surface area contributed by atoms with Crippen molar-refractivity contribution < 1.29 is 9.84 Å². The minimum Gasteiger partial charge on any atom is -0.390 e. The topological polar surface area (TPSA) is 44.7 Å². The molecule has 0 bridgehead atoms. The van der Waals surface area contributed by atoms with Crippen molar-refractivity contribution in [3.63, 3.8) is 0 Å². The number of benzene rings is 1. The molecule has 1 heterocycles. The van der Waals surface area contributed by atoms with Crippen LogP contribution in [0.15, 0.2) is 24.3 Å². The third-order valence-electron chi connectivity index (χ3n) is 3.92. The smallest absolute Gasteiger partial charge is 0.0791 e. The lowest BCUT2D eigenvalue weighted by molar-refractivity contribution is 0.0137. The number of hydrogen-bond acceptors (Lipinski definition) is 4. The van der Waals surface area contributed by atoms with Crippen molar-refractivity contribution in [2.24, 2.45) is 0 Å². The summed E-state index contributed by atoms with van der Waals surface area (Å²) in [4.78, 5) is 2.24. The molecule has 5 heteroatoms. The summed E-state index contributed by atoms with van der Waals surface area (Å²) in [5.41, 5.74) is 0.960. The molecule has 0 amide bonds. The van der Waals surface area contributed by atoms with Gasteiger partial charge in [0, 0.05) is 36.7 Å². The van der Waals surface area contributed by atoms with Crippen LogP contribution in [0, 0.1) is 0 Å². The normalized spacial score (nSPS) is 18.7. The van der Waals surface area contributed by atoms with E-state index in [-0.39, 0.29) is 11.6 Å². The van der Waals surface area contributed by atoms with Gasteiger partial charge in [0.25, 0.3) is 0 Å². The molecule has 2 rings (SSSR count). The maximum atomic E-state index is 10.2. The Morgan fingerprint density at radius 2 is 1.90 bits per heavy atom. The van der Waals surface area contributed by atoms with Crippen LogP contribution < -0.4 is 5.32 Å². The average Bonchev–Trinajstić information content (AvgIpc) is 2.47. The Balaban J connectivity index is 1.81. The molecule has 1 aliphatic rings. The van der Waals surface area contributed by atoms with Crippen LogP contribution in [-0.4, -0.2) is 55.5 Å². The minimum absolute atomic E-state index is 0.198. The van der Waals surface area contributed by atoms with Gasteiger partial charge in [0.2, 0.25) is 0 Å². The summed E-state index contributed by atoms with van der Waals surface area (Å²) >= 11 is 5.92. The van der Waals surface area contributed by atoms with Crippen molar-refractivity contribution in [2.75, 3.05) is 39.4 Å². The average molecular weight is 313 g/mol. The lowest BCUT2D eigenvalue weighted by Gasteiger charge is -2.31. The Hall–Kier alpha value is -0.650. The second kappa shape index (κ2) is 7.56. The van der Waals surface area contributed by atoms with Gasteiger partial charge < -0.3 is 15.2 Å². The molecule has 1 aromatic rings. The fourth-order valence-electron chi connectivity index (χ4n) is 2.49. The quantitative estimate of drug-likeness (QED) is 0.841. The zero-order valence-electron chi connectivity index (χ0n) is 12.8. The molecule has 0 saturated carbocycles. The lowest BCUT2D eigenvalue weighted by atomic mass is 9.94. The Morgan fingerprint density at radius 3 is 2.52 bits per heavy atom. The maximum absolute atomic E-state index is 10.2. The van der Waals surface area contributed by atoms with Gasteiger partial charge in [0.1, 0.15) is 0 Å². The number of aliphatic hydroxyl groups is 1. The van der Waals surface area contributed by atoms with Crippen molar-refractivity contribution >= 4 is 11.6 Å². The van der Waals surface area contributed by atoms with Crippen molar-refractivity contribution in [3.8, 4) is 0 Å². The van der Waals surface area contributed by atoms with E-state index in [9.17, 15) is 5.11 Å². The summed E-state index contributed by atoms with van der Waals surface area (Å²) in [6, 6.07) is 7.82. The zero-order chi connectivity index (χ0) is 15.3. The number of nitrogens with zero attached hydrogens (tertiary/aromatic N) is 1. The highest BCUT2D eigenvalue weighted by molar-refractivity contribution is 6.30. The summed E-state index contributed by atoms with van der Waals surface area (Å²) in [5, 5.41) is 14.4. The summed E-state index contributed by atoms with van der Waals surface area (Å²) < 4.78 is 5.31. The number of nitrogens with one attached hydrogen (secondary N) is 1. The summed E-state index contributed by atoms with van der Waals surface area (Å²) in [5.74, 6) is 0. The van der Waals surface area contributed by atoms with Gasteiger partial charge in [0.15, 0.2) is 0 Å². The van der Waals surface area contributed by atoms with Crippen molar-refractivity contribution in [2.45, 2.75) is 25.5 Å². The second-order valence-corrected chi connectivity index (χ2v) is 6.52. The van der Waals surface area contributed by atoms with E-state index >= 15 is 0 Å². The number of aliphatic hydroxyl groups excluding tert-OH is 1. The van der Waals surface area contributed by atoms with Crippen molar-refractivity contribution in [3.05, 3.63) is 34.9 Å². The first-order chi connectivity index (χ1) is 9.97. The van der Waals surface area contributed by atoms with Gasteiger partial charge in [-0.2, -0.15) is 0 Å². The number of rotatable bonds is 6. The molecular weight excluding hydrogens is 288 g/mol. The molecule has 1 atom stereocenters. The van der Waals surface area contributed by atoms with E-state index in [4.69, 9.17) is 16.3 Å². The summed E-state index contributed by atoms with van der Waals surface area (Å²) in [7, 11) is 0. The Morgan fingerprint density at radius 1 is 1.29 bits per heavy atom. The molecule has 2 N–H and O–H groups in total. The number of ether oxygens (including phenoxy) is 1. The largest absolute Gasteiger partial charge is 0.390 e. The third kappa shape index (κ3) is 5.24. The standard InChI is InChI=1S/C16H25ClN2O2/c1-16(2,13-3-5-14(17)6-4-13)18-11-15(20)12-19-7-9-21-10-8-19/h3-6,15,18,20H,7-12H2,1-2H3. The van der Waals surface area contributed by atoms with Crippen LogP contribution in [0.3, 0.4) is 0 Å². The summed E-state index contributed by atoms with van der Waals surface area (Å²) in [6.07, 6.45) is -0.380. The van der Waals surface area contributed by atoms with E-state index in [2.05, 4.69) is 24.1 Å². The molecule has 0 aromatic heterocycles. The van der Waals surface area contributed by atoms with Crippen LogP contribution in [-0.2, 0) is 10.3 Å². The first-order valence-corrected chi connectivity index (χ1v) is 7.84. The van der Waals surface area contributed by atoms with E-state index in [1.54, 1.807) is 0 Å². The van der Waals surface area contributed by atoms with E-state index in [1.165, 1.54) is 0 Å². The number of hydrogen-bond donors (Lipinski definition) is 2.